The fourth-order valence-electron chi connectivity index (χ4n) is 1.55. The molecule has 2 aromatic rings. The average molecular weight is 318 g/mol. The second-order valence-electron chi connectivity index (χ2n) is 3.95. The summed E-state index contributed by atoms with van der Waals surface area (Å²) in [5.41, 5.74) is -1.16. The van der Waals surface area contributed by atoms with Gasteiger partial charge in [0.2, 0.25) is 0 Å². The number of pyridine rings is 1. The van der Waals surface area contributed by atoms with Gasteiger partial charge in [-0.2, -0.15) is 13.2 Å². The molecule has 0 aliphatic heterocycles. The first-order valence-electron chi connectivity index (χ1n) is 5.52. The van der Waals surface area contributed by atoms with Crippen molar-refractivity contribution >= 4 is 28.8 Å². The third kappa shape index (κ3) is 3.40. The Balaban J connectivity index is 2.35. The second kappa shape index (κ2) is 5.57. The van der Waals surface area contributed by atoms with Crippen LogP contribution in [0.25, 0.3) is 0 Å². The number of hydrogen-bond acceptors (Lipinski definition) is 4. The van der Waals surface area contributed by atoms with Crippen molar-refractivity contribution in [2.24, 2.45) is 0 Å². The molecule has 1 aromatic heterocycles. The SMILES string of the molecule is O=[N+]([O-])c1ccccc1Nc1ncc(C(F)(F)F)cc1Cl. The highest BCUT2D eigenvalue weighted by molar-refractivity contribution is 6.33. The van der Waals surface area contributed by atoms with Crippen LogP contribution in [0.2, 0.25) is 5.02 Å². The first-order chi connectivity index (χ1) is 9.79. The van der Waals surface area contributed by atoms with Crippen molar-refractivity contribution < 1.29 is 18.1 Å². The molecule has 0 amide bonds. The van der Waals surface area contributed by atoms with Crippen LogP contribution in [-0.2, 0) is 6.18 Å². The van der Waals surface area contributed by atoms with E-state index in [1.54, 1.807) is 0 Å². The van der Waals surface area contributed by atoms with Crippen molar-refractivity contribution in [3.63, 3.8) is 0 Å². The van der Waals surface area contributed by atoms with Gasteiger partial charge in [-0.05, 0) is 12.1 Å². The maximum atomic E-state index is 12.5. The lowest BCUT2D eigenvalue weighted by Crippen LogP contribution is -2.07. The minimum atomic E-state index is -4.56. The van der Waals surface area contributed by atoms with E-state index in [4.69, 9.17) is 11.6 Å². The number of benzene rings is 1. The van der Waals surface area contributed by atoms with Crippen LogP contribution in [0, 0.1) is 10.1 Å². The maximum absolute atomic E-state index is 12.5. The van der Waals surface area contributed by atoms with Crippen molar-refractivity contribution in [2.75, 3.05) is 5.32 Å². The normalized spacial score (nSPS) is 11.2. The summed E-state index contributed by atoms with van der Waals surface area (Å²) in [6.45, 7) is 0. The van der Waals surface area contributed by atoms with Crippen molar-refractivity contribution in [1.82, 2.24) is 4.98 Å². The third-order valence-corrected chi connectivity index (χ3v) is 2.81. The van der Waals surface area contributed by atoms with Crippen LogP contribution in [0.3, 0.4) is 0 Å². The van der Waals surface area contributed by atoms with Crippen molar-refractivity contribution in [2.45, 2.75) is 6.18 Å². The number of hydrogen-bond donors (Lipinski definition) is 1. The Hall–Kier alpha value is -2.35. The molecular weight excluding hydrogens is 311 g/mol. The maximum Gasteiger partial charge on any atom is 0.417 e. The van der Waals surface area contributed by atoms with Gasteiger partial charge in [-0.15, -0.1) is 0 Å². The quantitative estimate of drug-likeness (QED) is 0.672. The molecule has 5 nitrogen and oxygen atoms in total. The molecule has 0 saturated carbocycles. The topological polar surface area (TPSA) is 68.1 Å². The molecule has 0 bridgehead atoms. The van der Waals surface area contributed by atoms with Gasteiger partial charge in [0, 0.05) is 12.3 Å². The predicted octanol–water partition coefficient (Wildman–Crippen LogP) is 4.41. The molecule has 9 heteroatoms. The first kappa shape index (κ1) is 15.0. The molecular formula is C12H7ClF3N3O2. The van der Waals surface area contributed by atoms with Gasteiger partial charge in [0.1, 0.15) is 11.5 Å². The van der Waals surface area contributed by atoms with Gasteiger partial charge in [-0.3, -0.25) is 10.1 Å². The molecule has 110 valence electrons. The number of anilines is 2. The number of nitrogens with zero attached hydrogens (tertiary/aromatic N) is 2. The van der Waals surface area contributed by atoms with Crippen LogP contribution in [0.4, 0.5) is 30.4 Å². The van der Waals surface area contributed by atoms with E-state index >= 15 is 0 Å². The number of halogens is 4. The molecule has 0 fully saturated rings. The van der Waals surface area contributed by atoms with Gasteiger partial charge < -0.3 is 5.32 Å². The largest absolute Gasteiger partial charge is 0.417 e. The van der Waals surface area contributed by atoms with E-state index in [1.807, 2.05) is 0 Å². The number of alkyl halides is 3. The minimum Gasteiger partial charge on any atom is -0.333 e. The summed E-state index contributed by atoms with van der Waals surface area (Å²) < 4.78 is 37.5. The summed E-state index contributed by atoms with van der Waals surface area (Å²) in [6, 6.07) is 6.35. The molecule has 1 aromatic carbocycles. The zero-order valence-corrected chi connectivity index (χ0v) is 10.9. The Kier molecular flexibility index (Phi) is 3.99. The summed E-state index contributed by atoms with van der Waals surface area (Å²) in [6.07, 6.45) is -3.96. The summed E-state index contributed by atoms with van der Waals surface area (Å²) in [7, 11) is 0. The zero-order valence-electron chi connectivity index (χ0n) is 10.2. The summed E-state index contributed by atoms with van der Waals surface area (Å²) in [4.78, 5) is 13.8. The lowest BCUT2D eigenvalue weighted by Gasteiger charge is -2.10. The van der Waals surface area contributed by atoms with E-state index < -0.39 is 16.7 Å². The van der Waals surface area contributed by atoms with Gasteiger partial charge in [-0.1, -0.05) is 23.7 Å². The molecule has 1 N–H and O–H groups in total. The van der Waals surface area contributed by atoms with E-state index in [1.165, 1.54) is 24.3 Å². The Morgan fingerprint density at radius 2 is 1.95 bits per heavy atom. The van der Waals surface area contributed by atoms with Crippen LogP contribution in [0.15, 0.2) is 36.5 Å². The van der Waals surface area contributed by atoms with Crippen LogP contribution in [0.5, 0.6) is 0 Å². The fourth-order valence-corrected chi connectivity index (χ4v) is 1.76. The van der Waals surface area contributed by atoms with E-state index in [0.29, 0.717) is 12.3 Å². The standard InChI is InChI=1S/C12H7ClF3N3O2/c13-8-5-7(12(14,15)16)6-17-11(8)18-9-3-1-2-4-10(9)19(20)21/h1-6H,(H,17,18). The Bertz CT molecular complexity index is 692. The zero-order chi connectivity index (χ0) is 15.6. The van der Waals surface area contributed by atoms with E-state index in [2.05, 4.69) is 10.3 Å². The second-order valence-corrected chi connectivity index (χ2v) is 4.36. The molecule has 0 spiro atoms. The van der Waals surface area contributed by atoms with E-state index in [0.717, 1.165) is 0 Å². The Morgan fingerprint density at radius 3 is 2.52 bits per heavy atom. The van der Waals surface area contributed by atoms with E-state index in [-0.39, 0.29) is 22.2 Å². The highest BCUT2D eigenvalue weighted by atomic mass is 35.5. The summed E-state index contributed by atoms with van der Waals surface area (Å²) >= 11 is 5.72. The van der Waals surface area contributed by atoms with Gasteiger partial charge >= 0.3 is 6.18 Å². The molecule has 1 heterocycles. The smallest absolute Gasteiger partial charge is 0.333 e. The monoisotopic (exact) mass is 317 g/mol. The highest BCUT2D eigenvalue weighted by Crippen LogP contribution is 2.34. The number of para-hydroxylation sites is 2. The van der Waals surface area contributed by atoms with Gasteiger partial charge in [-0.25, -0.2) is 4.98 Å². The van der Waals surface area contributed by atoms with Crippen LogP contribution in [0.1, 0.15) is 5.56 Å². The molecule has 21 heavy (non-hydrogen) atoms. The molecule has 0 saturated heterocycles. The fraction of sp³-hybridized carbons (Fsp3) is 0.0833. The number of rotatable bonds is 3. The highest BCUT2D eigenvalue weighted by Gasteiger charge is 2.31. The Morgan fingerprint density at radius 1 is 1.29 bits per heavy atom. The minimum absolute atomic E-state index is 0.0802. The van der Waals surface area contributed by atoms with E-state index in [9.17, 15) is 23.3 Å². The number of aromatic nitrogens is 1. The van der Waals surface area contributed by atoms with Crippen molar-refractivity contribution in [3.8, 4) is 0 Å². The molecule has 0 aliphatic rings. The van der Waals surface area contributed by atoms with Crippen molar-refractivity contribution in [1.29, 1.82) is 0 Å². The first-order valence-corrected chi connectivity index (χ1v) is 5.90. The Labute approximate surface area is 121 Å². The average Bonchev–Trinajstić information content (AvgIpc) is 2.40. The number of nitro groups is 1. The van der Waals surface area contributed by atoms with Crippen LogP contribution < -0.4 is 5.32 Å². The molecule has 0 aliphatic carbocycles. The van der Waals surface area contributed by atoms with Crippen molar-refractivity contribution in [3.05, 3.63) is 57.2 Å². The number of nitrogens with one attached hydrogen (secondary N) is 1. The third-order valence-electron chi connectivity index (χ3n) is 2.52. The predicted molar refractivity (Wildman–Crippen MR) is 70.6 cm³/mol. The van der Waals surface area contributed by atoms with Gasteiger partial charge in [0.25, 0.3) is 5.69 Å². The lowest BCUT2D eigenvalue weighted by molar-refractivity contribution is -0.383. The summed E-state index contributed by atoms with van der Waals surface area (Å²) in [5, 5.41) is 13.1. The molecule has 0 atom stereocenters. The molecule has 0 unspecified atom stereocenters. The van der Waals surface area contributed by atoms with Gasteiger partial charge in [0.15, 0.2) is 0 Å². The van der Waals surface area contributed by atoms with Crippen LogP contribution >= 0.6 is 11.6 Å². The van der Waals surface area contributed by atoms with Gasteiger partial charge in [0.05, 0.1) is 15.5 Å². The van der Waals surface area contributed by atoms with Crippen LogP contribution in [-0.4, -0.2) is 9.91 Å². The number of nitro benzene ring substituents is 1. The summed E-state index contributed by atoms with van der Waals surface area (Å²) in [5.74, 6) is -0.0982. The molecule has 2 rings (SSSR count). The lowest BCUT2D eigenvalue weighted by atomic mass is 10.2. The molecule has 0 radical (unpaired) electrons.